The minimum atomic E-state index is -3.35. The molecule has 1 fully saturated rings. The highest BCUT2D eigenvalue weighted by molar-refractivity contribution is 7.53. The number of nitrogens with zero attached hydrogens (tertiary/aromatic N) is 3. The molecule has 3 heterocycles. The van der Waals surface area contributed by atoms with Crippen molar-refractivity contribution in [2.75, 3.05) is 19.6 Å². The van der Waals surface area contributed by atoms with E-state index in [1.807, 2.05) is 0 Å². The van der Waals surface area contributed by atoms with E-state index in [1.165, 1.54) is 6.33 Å². The summed E-state index contributed by atoms with van der Waals surface area (Å²) in [7, 11) is -3.35. The Morgan fingerprint density at radius 1 is 1.46 bits per heavy atom. The van der Waals surface area contributed by atoms with Gasteiger partial charge in [0.1, 0.15) is 11.8 Å². The number of aliphatic hydroxyl groups is 1. The van der Waals surface area contributed by atoms with Crippen molar-refractivity contribution in [3.05, 3.63) is 12.0 Å². The second kappa shape index (κ2) is 8.03. The molecule has 3 rings (SSSR count). The number of nitrogens with one attached hydrogen (secondary N) is 1. The van der Waals surface area contributed by atoms with Gasteiger partial charge in [-0.2, -0.15) is 4.99 Å². The zero-order chi connectivity index (χ0) is 18.7. The van der Waals surface area contributed by atoms with Crippen LogP contribution in [0.15, 0.2) is 11.3 Å². The van der Waals surface area contributed by atoms with Crippen LogP contribution in [-0.4, -0.2) is 52.6 Å². The van der Waals surface area contributed by atoms with Crippen LogP contribution in [-0.2, 0) is 29.6 Å². The van der Waals surface area contributed by atoms with Gasteiger partial charge < -0.3 is 34.7 Å². The maximum absolute atomic E-state index is 12.4. The molecular weight excluding hydrogens is 365 g/mol. The molecule has 2 aliphatic heterocycles. The van der Waals surface area contributed by atoms with Gasteiger partial charge in [-0.15, -0.1) is 0 Å². The van der Waals surface area contributed by atoms with E-state index in [1.54, 1.807) is 18.4 Å². The highest BCUT2D eigenvalue weighted by atomic mass is 31.2. The number of rotatable bonds is 8. The van der Waals surface area contributed by atoms with Crippen molar-refractivity contribution in [3.63, 3.8) is 0 Å². The summed E-state index contributed by atoms with van der Waals surface area (Å²) in [6.07, 6.45) is -0.850. The number of fused-ring (bicyclic) bond motifs is 1. The molecule has 11 nitrogen and oxygen atoms in total. The molecule has 0 bridgehead atoms. The Kier molecular flexibility index (Phi) is 5.96. The molecule has 0 unspecified atom stereocenters. The number of hydrogen-bond acceptors (Lipinski definition) is 10. The van der Waals surface area contributed by atoms with Gasteiger partial charge in [-0.25, -0.2) is 4.98 Å². The van der Waals surface area contributed by atoms with Crippen molar-refractivity contribution in [2.45, 2.75) is 45.4 Å². The number of ether oxygens (including phenoxy) is 2. The molecule has 1 saturated heterocycles. The number of aliphatic hydroxyl groups excluding tert-OH is 1. The first kappa shape index (κ1) is 19.3. The second-order valence-electron chi connectivity index (χ2n) is 5.77. The molecule has 0 saturated carbocycles. The zero-order valence-corrected chi connectivity index (χ0v) is 15.6. The van der Waals surface area contributed by atoms with E-state index in [0.29, 0.717) is 18.1 Å². The average molecular weight is 389 g/mol. The minimum absolute atomic E-state index is 0.202. The highest BCUT2D eigenvalue weighted by Crippen LogP contribution is 2.48. The summed E-state index contributed by atoms with van der Waals surface area (Å²) in [5, 5.41) is 13.2. The highest BCUT2D eigenvalue weighted by Gasteiger charge is 2.39. The van der Waals surface area contributed by atoms with Crippen LogP contribution < -0.4 is 11.1 Å². The molecule has 12 heteroatoms. The summed E-state index contributed by atoms with van der Waals surface area (Å²) in [6.45, 7) is 4.38. The number of imidazole rings is 1. The van der Waals surface area contributed by atoms with E-state index in [9.17, 15) is 9.67 Å². The third-order valence-electron chi connectivity index (χ3n) is 3.90. The van der Waals surface area contributed by atoms with Crippen LogP contribution in [0.3, 0.4) is 0 Å². The van der Waals surface area contributed by atoms with Crippen LogP contribution in [0.2, 0.25) is 0 Å². The topological polar surface area (TPSA) is 142 Å². The van der Waals surface area contributed by atoms with Gasteiger partial charge in [-0.05, 0) is 13.8 Å². The normalized spacial score (nSPS) is 25.7. The smallest absolute Gasteiger partial charge is 0.356 e. The Bertz CT molecular complexity index is 700. The average Bonchev–Trinajstić information content (AvgIpc) is 3.16. The minimum Gasteiger partial charge on any atom is -0.388 e. The van der Waals surface area contributed by atoms with Crippen LogP contribution in [0, 0.1) is 0 Å². The van der Waals surface area contributed by atoms with Gasteiger partial charge in [-0.1, -0.05) is 0 Å². The van der Waals surface area contributed by atoms with Crippen molar-refractivity contribution in [1.29, 1.82) is 0 Å². The number of aromatic nitrogens is 2. The maximum Gasteiger partial charge on any atom is 0.356 e. The molecule has 0 amide bonds. The molecule has 0 radical (unpaired) electrons. The van der Waals surface area contributed by atoms with Gasteiger partial charge in [0.25, 0.3) is 0 Å². The predicted octanol–water partition coefficient (Wildman–Crippen LogP) is 0.779. The molecule has 2 aliphatic rings. The molecule has 26 heavy (non-hydrogen) atoms. The molecule has 0 spiro atoms. The fraction of sp³-hybridized carbons (Fsp3) is 0.714. The van der Waals surface area contributed by atoms with Crippen LogP contribution in [0.5, 0.6) is 0 Å². The van der Waals surface area contributed by atoms with Crippen LogP contribution in [0.4, 0.5) is 5.82 Å². The summed E-state index contributed by atoms with van der Waals surface area (Å²) in [4.78, 5) is 8.46. The first-order valence-corrected chi connectivity index (χ1v) is 10.2. The first-order chi connectivity index (χ1) is 12.5. The summed E-state index contributed by atoms with van der Waals surface area (Å²) in [6, 6.07) is 0. The van der Waals surface area contributed by atoms with E-state index in [-0.39, 0.29) is 31.9 Å². The number of hydrogen-bond donors (Lipinski definition) is 3. The summed E-state index contributed by atoms with van der Waals surface area (Å²) in [5.41, 5.74) is 6.41. The third kappa shape index (κ3) is 4.08. The molecule has 3 atom stereocenters. The lowest BCUT2D eigenvalue weighted by molar-refractivity contribution is -0.146. The Balaban J connectivity index is 1.66. The van der Waals surface area contributed by atoms with Crippen LogP contribution in [0.25, 0.3) is 0 Å². The van der Waals surface area contributed by atoms with Crippen molar-refractivity contribution >= 4 is 19.4 Å². The Hall–Kier alpha value is -1.49. The van der Waals surface area contributed by atoms with E-state index < -0.39 is 26.2 Å². The lowest BCUT2D eigenvalue weighted by Crippen LogP contribution is -2.33. The van der Waals surface area contributed by atoms with Crippen LogP contribution >= 0.6 is 7.60 Å². The van der Waals surface area contributed by atoms with Gasteiger partial charge in [0.05, 0.1) is 26.1 Å². The Labute approximate surface area is 151 Å². The van der Waals surface area contributed by atoms with Gasteiger partial charge in [0.15, 0.2) is 30.6 Å². The molecule has 4 N–H and O–H groups in total. The lowest BCUT2D eigenvalue weighted by atomic mass is 10.2. The predicted molar refractivity (Wildman–Crippen MR) is 91.7 cm³/mol. The number of aliphatic imine (C=N–C) groups is 1. The first-order valence-electron chi connectivity index (χ1n) is 8.42. The van der Waals surface area contributed by atoms with Gasteiger partial charge in [0, 0.05) is 6.42 Å². The van der Waals surface area contributed by atoms with Gasteiger partial charge >= 0.3 is 7.60 Å². The van der Waals surface area contributed by atoms with E-state index in [4.69, 9.17) is 24.3 Å². The van der Waals surface area contributed by atoms with Crippen LogP contribution in [0.1, 0.15) is 32.2 Å². The standard InChI is InChI=1S/C14H24N5O6P/c1-3-23-26(21,24-4-2)8-22-11-5-10(20)13(25-11)19-7-17-9-6-16-14(15)18-12(9)19/h7,10-11,13,20H,3-6,8H2,1-2H3,(H3,15,16,18)/t10-,11-,13+/m0/s1. The van der Waals surface area contributed by atoms with Gasteiger partial charge in [-0.3, -0.25) is 9.13 Å². The number of guanidine groups is 1. The van der Waals surface area contributed by atoms with Gasteiger partial charge in [0.2, 0.25) is 0 Å². The molecule has 0 aromatic carbocycles. The number of nitrogens with two attached hydrogens (primary N) is 1. The van der Waals surface area contributed by atoms with Crippen molar-refractivity contribution in [3.8, 4) is 0 Å². The summed E-state index contributed by atoms with van der Waals surface area (Å²) in [5.74, 6) is 0.800. The summed E-state index contributed by atoms with van der Waals surface area (Å²) < 4.78 is 35.7. The van der Waals surface area contributed by atoms with E-state index in [2.05, 4.69) is 15.3 Å². The van der Waals surface area contributed by atoms with E-state index >= 15 is 0 Å². The molecule has 1 aromatic rings. The molecular formula is C14H24N5O6P. The quantitative estimate of drug-likeness (QED) is 0.550. The Morgan fingerprint density at radius 2 is 2.19 bits per heavy atom. The molecule has 0 aliphatic carbocycles. The lowest BCUT2D eigenvalue weighted by Gasteiger charge is -2.21. The SMILES string of the molecule is CCOP(=O)(CO[C@@H]1C[C@H](O)[C@H](n2cnc3c2N=C(N)NC3)O1)OCC. The van der Waals surface area contributed by atoms with E-state index in [0.717, 1.165) is 0 Å². The fourth-order valence-corrected chi connectivity index (χ4v) is 4.17. The maximum atomic E-state index is 12.4. The fourth-order valence-electron chi connectivity index (χ4n) is 2.81. The summed E-state index contributed by atoms with van der Waals surface area (Å²) >= 11 is 0. The zero-order valence-electron chi connectivity index (χ0n) is 14.7. The molecule has 146 valence electrons. The second-order valence-corrected chi connectivity index (χ2v) is 7.77. The van der Waals surface area contributed by atoms with Crippen molar-refractivity contribution < 1.29 is 28.2 Å². The monoisotopic (exact) mass is 389 g/mol. The largest absolute Gasteiger partial charge is 0.388 e. The molecule has 1 aromatic heterocycles. The van der Waals surface area contributed by atoms with Crippen molar-refractivity contribution in [1.82, 2.24) is 14.9 Å². The van der Waals surface area contributed by atoms with Crippen molar-refractivity contribution in [2.24, 2.45) is 10.7 Å². The Morgan fingerprint density at radius 3 is 2.88 bits per heavy atom. The third-order valence-corrected chi connectivity index (χ3v) is 5.67.